The SMILES string of the molecule is C=C1COc2ccc(Nc3c(C(N)=O)nnc4[nH]ccc34)cc2N1. The molecular formula is C16H14N6O2. The largest absolute Gasteiger partial charge is 0.485 e. The van der Waals surface area contributed by atoms with Crippen molar-refractivity contribution in [2.75, 3.05) is 17.2 Å². The highest BCUT2D eigenvalue weighted by molar-refractivity contribution is 6.05. The van der Waals surface area contributed by atoms with Crippen LogP contribution in [0.4, 0.5) is 17.1 Å². The monoisotopic (exact) mass is 322 g/mol. The van der Waals surface area contributed by atoms with Gasteiger partial charge in [0.2, 0.25) is 0 Å². The molecule has 1 aromatic carbocycles. The highest BCUT2D eigenvalue weighted by atomic mass is 16.5. The second-order valence-electron chi connectivity index (χ2n) is 5.38. The molecule has 3 aromatic rings. The van der Waals surface area contributed by atoms with E-state index in [1.807, 2.05) is 18.2 Å². The van der Waals surface area contributed by atoms with E-state index in [9.17, 15) is 4.79 Å². The second-order valence-corrected chi connectivity index (χ2v) is 5.38. The number of nitrogens with two attached hydrogens (primary N) is 1. The van der Waals surface area contributed by atoms with Crippen LogP contribution < -0.4 is 21.1 Å². The van der Waals surface area contributed by atoms with Crippen LogP contribution in [0.15, 0.2) is 42.7 Å². The molecular weight excluding hydrogens is 308 g/mol. The van der Waals surface area contributed by atoms with Crippen LogP contribution in [-0.4, -0.2) is 27.7 Å². The van der Waals surface area contributed by atoms with Gasteiger partial charge in [-0.15, -0.1) is 10.2 Å². The van der Waals surface area contributed by atoms with Gasteiger partial charge in [0.1, 0.15) is 12.4 Å². The minimum atomic E-state index is -0.652. The number of ether oxygens (including phenoxy) is 1. The van der Waals surface area contributed by atoms with Crippen LogP contribution in [0.1, 0.15) is 10.5 Å². The van der Waals surface area contributed by atoms with E-state index >= 15 is 0 Å². The Morgan fingerprint density at radius 1 is 1.33 bits per heavy atom. The Balaban J connectivity index is 1.78. The summed E-state index contributed by atoms with van der Waals surface area (Å²) in [7, 11) is 0. The molecule has 1 amide bonds. The Labute approximate surface area is 136 Å². The lowest BCUT2D eigenvalue weighted by molar-refractivity contribution is 0.0995. The first-order valence-corrected chi connectivity index (χ1v) is 7.24. The van der Waals surface area contributed by atoms with Crippen molar-refractivity contribution in [2.45, 2.75) is 0 Å². The topological polar surface area (TPSA) is 118 Å². The normalized spacial score (nSPS) is 13.1. The molecule has 0 atom stereocenters. The first-order chi connectivity index (χ1) is 11.6. The van der Waals surface area contributed by atoms with E-state index in [0.29, 0.717) is 17.9 Å². The van der Waals surface area contributed by atoms with Gasteiger partial charge in [0, 0.05) is 23.0 Å². The average molecular weight is 322 g/mol. The van der Waals surface area contributed by atoms with E-state index in [1.54, 1.807) is 12.3 Å². The molecule has 24 heavy (non-hydrogen) atoms. The molecule has 8 nitrogen and oxygen atoms in total. The molecule has 0 bridgehead atoms. The Morgan fingerprint density at radius 3 is 3.04 bits per heavy atom. The summed E-state index contributed by atoms with van der Waals surface area (Å²) in [4.78, 5) is 14.6. The number of nitrogens with zero attached hydrogens (tertiary/aromatic N) is 2. The van der Waals surface area contributed by atoms with Crippen LogP contribution >= 0.6 is 0 Å². The predicted octanol–water partition coefficient (Wildman–Crippen LogP) is 2.12. The number of primary amides is 1. The van der Waals surface area contributed by atoms with Gasteiger partial charge in [-0.2, -0.15) is 0 Å². The minimum absolute atomic E-state index is 0.0773. The maximum atomic E-state index is 11.7. The molecule has 1 aliphatic heterocycles. The molecule has 2 aromatic heterocycles. The maximum absolute atomic E-state index is 11.7. The van der Waals surface area contributed by atoms with Crippen LogP contribution in [0, 0.1) is 0 Å². The molecule has 0 aliphatic carbocycles. The van der Waals surface area contributed by atoms with Crippen LogP contribution in [0.25, 0.3) is 11.0 Å². The molecule has 4 rings (SSSR count). The van der Waals surface area contributed by atoms with Crippen molar-refractivity contribution in [2.24, 2.45) is 5.73 Å². The van der Waals surface area contributed by atoms with Crippen molar-refractivity contribution in [3.05, 3.63) is 48.4 Å². The summed E-state index contributed by atoms with van der Waals surface area (Å²) in [6.45, 7) is 4.29. The summed E-state index contributed by atoms with van der Waals surface area (Å²) in [6, 6.07) is 7.35. The van der Waals surface area contributed by atoms with E-state index in [2.05, 4.69) is 32.4 Å². The van der Waals surface area contributed by atoms with Crippen LogP contribution in [-0.2, 0) is 0 Å². The highest BCUT2D eigenvalue weighted by Gasteiger charge is 2.18. The van der Waals surface area contributed by atoms with Gasteiger partial charge >= 0.3 is 0 Å². The number of anilines is 3. The number of carbonyl (C=O) groups excluding carboxylic acids is 1. The lowest BCUT2D eigenvalue weighted by Gasteiger charge is -2.22. The fraction of sp³-hybridized carbons (Fsp3) is 0.0625. The number of aromatic nitrogens is 3. The average Bonchev–Trinajstić information content (AvgIpc) is 3.03. The molecule has 3 heterocycles. The van der Waals surface area contributed by atoms with Crippen molar-refractivity contribution < 1.29 is 9.53 Å². The van der Waals surface area contributed by atoms with Crippen molar-refractivity contribution in [3.63, 3.8) is 0 Å². The number of rotatable bonds is 3. The first kappa shape index (κ1) is 14.1. The van der Waals surface area contributed by atoms with Gasteiger partial charge in [-0.3, -0.25) is 4.79 Å². The van der Waals surface area contributed by atoms with Gasteiger partial charge in [0.25, 0.3) is 5.91 Å². The maximum Gasteiger partial charge on any atom is 0.271 e. The van der Waals surface area contributed by atoms with E-state index in [1.165, 1.54) is 0 Å². The number of carbonyl (C=O) groups is 1. The van der Waals surface area contributed by atoms with Crippen molar-refractivity contribution in [1.29, 1.82) is 0 Å². The zero-order valence-corrected chi connectivity index (χ0v) is 12.6. The third-order valence-electron chi connectivity index (χ3n) is 3.68. The molecule has 5 N–H and O–H groups in total. The number of benzene rings is 1. The molecule has 0 saturated carbocycles. The summed E-state index contributed by atoms with van der Waals surface area (Å²) in [5, 5.41) is 15.0. The van der Waals surface area contributed by atoms with E-state index in [0.717, 1.165) is 28.2 Å². The summed E-state index contributed by atoms with van der Waals surface area (Å²) in [5.41, 5.74) is 8.89. The predicted molar refractivity (Wildman–Crippen MR) is 90.4 cm³/mol. The van der Waals surface area contributed by atoms with E-state index in [-0.39, 0.29) is 5.69 Å². The smallest absolute Gasteiger partial charge is 0.271 e. The number of H-pyrrole nitrogens is 1. The summed E-state index contributed by atoms with van der Waals surface area (Å²) >= 11 is 0. The van der Waals surface area contributed by atoms with Gasteiger partial charge in [-0.05, 0) is 24.3 Å². The third-order valence-corrected chi connectivity index (χ3v) is 3.68. The first-order valence-electron chi connectivity index (χ1n) is 7.24. The zero-order valence-electron chi connectivity index (χ0n) is 12.6. The third kappa shape index (κ3) is 2.30. The fourth-order valence-corrected chi connectivity index (χ4v) is 2.59. The van der Waals surface area contributed by atoms with Gasteiger partial charge < -0.3 is 26.1 Å². The zero-order chi connectivity index (χ0) is 16.7. The summed E-state index contributed by atoms with van der Waals surface area (Å²) in [5.74, 6) is 0.0867. The Kier molecular flexibility index (Phi) is 3.09. The number of hydrogen-bond donors (Lipinski definition) is 4. The lowest BCUT2D eigenvalue weighted by atomic mass is 10.2. The summed E-state index contributed by atoms with van der Waals surface area (Å²) < 4.78 is 5.57. The fourth-order valence-electron chi connectivity index (χ4n) is 2.59. The molecule has 0 spiro atoms. The second kappa shape index (κ2) is 5.27. The van der Waals surface area contributed by atoms with Gasteiger partial charge in [0.05, 0.1) is 11.4 Å². The minimum Gasteiger partial charge on any atom is -0.485 e. The molecule has 0 fully saturated rings. The molecule has 0 radical (unpaired) electrons. The number of amides is 1. The molecule has 1 aliphatic rings. The van der Waals surface area contributed by atoms with Crippen molar-refractivity contribution >= 4 is 34.0 Å². The lowest BCUT2D eigenvalue weighted by Crippen LogP contribution is -2.17. The number of fused-ring (bicyclic) bond motifs is 2. The quantitative estimate of drug-likeness (QED) is 0.586. The molecule has 0 saturated heterocycles. The Morgan fingerprint density at radius 2 is 2.21 bits per heavy atom. The highest BCUT2D eigenvalue weighted by Crippen LogP contribution is 2.34. The molecule has 8 heteroatoms. The number of nitrogens with one attached hydrogen (secondary N) is 3. The van der Waals surface area contributed by atoms with Crippen molar-refractivity contribution in [3.8, 4) is 5.75 Å². The van der Waals surface area contributed by atoms with Gasteiger partial charge in [0.15, 0.2) is 11.3 Å². The Hall–Kier alpha value is -3.55. The van der Waals surface area contributed by atoms with Gasteiger partial charge in [-0.25, -0.2) is 0 Å². The van der Waals surface area contributed by atoms with Crippen LogP contribution in [0.3, 0.4) is 0 Å². The number of hydrogen-bond acceptors (Lipinski definition) is 6. The standard InChI is InChI=1S/C16H14N6O2/c1-8-7-24-12-3-2-9(6-11(12)19-8)20-13-10-4-5-18-16(10)22-21-14(13)15(17)23/h2-6,19H,1,7H2,(H2,17,23)(H2,18,20,22). The van der Waals surface area contributed by atoms with Crippen molar-refractivity contribution in [1.82, 2.24) is 15.2 Å². The van der Waals surface area contributed by atoms with Crippen LogP contribution in [0.2, 0.25) is 0 Å². The number of aromatic amines is 1. The van der Waals surface area contributed by atoms with Gasteiger partial charge in [-0.1, -0.05) is 6.58 Å². The molecule has 120 valence electrons. The van der Waals surface area contributed by atoms with E-state index in [4.69, 9.17) is 10.5 Å². The van der Waals surface area contributed by atoms with Crippen LogP contribution in [0.5, 0.6) is 5.75 Å². The Bertz CT molecular complexity index is 978. The molecule has 0 unspecified atom stereocenters. The van der Waals surface area contributed by atoms with E-state index < -0.39 is 5.91 Å². The summed E-state index contributed by atoms with van der Waals surface area (Å²) in [6.07, 6.45) is 1.72.